The van der Waals surface area contributed by atoms with Gasteiger partial charge in [-0.15, -0.1) is 0 Å². The molecule has 4 heterocycles. The SMILES string of the molecule is NC1=[NH+][C@@]2(CO1)c1cc(-c3cncc(Cl)c3)ccc1O[C@H]1COCC[C@@H]12. The molecule has 134 valence electrons. The second kappa shape index (κ2) is 5.86. The fourth-order valence-electron chi connectivity index (χ4n) is 4.31. The van der Waals surface area contributed by atoms with Gasteiger partial charge in [0.15, 0.2) is 5.54 Å². The topological polar surface area (TPSA) is 80.6 Å². The summed E-state index contributed by atoms with van der Waals surface area (Å²) in [6.45, 7) is 1.77. The standard InChI is InChI=1S/C19H18ClN3O3/c20-13-5-12(7-22-8-13)11-1-2-16-15(6-11)19(10-25-18(21)23-19)14-3-4-24-9-17(14)26-16/h1-2,5-8,14,17H,3-4,9-10H2,(H2,21,23)/p+1/t14-,17-,19+/m0/s1. The van der Waals surface area contributed by atoms with E-state index < -0.39 is 5.54 Å². The quantitative estimate of drug-likeness (QED) is 0.774. The van der Waals surface area contributed by atoms with Gasteiger partial charge in [-0.05, 0) is 30.2 Å². The third-order valence-electron chi connectivity index (χ3n) is 5.52. The molecule has 3 aliphatic rings. The Morgan fingerprint density at radius 2 is 2.15 bits per heavy atom. The average Bonchev–Trinajstić information content (AvgIpc) is 3.04. The van der Waals surface area contributed by atoms with E-state index in [1.807, 2.05) is 18.2 Å². The molecule has 0 aliphatic carbocycles. The van der Waals surface area contributed by atoms with Gasteiger partial charge in [0.25, 0.3) is 0 Å². The Kier molecular flexibility index (Phi) is 3.58. The third kappa shape index (κ3) is 2.36. The molecule has 26 heavy (non-hydrogen) atoms. The lowest BCUT2D eigenvalue weighted by atomic mass is 9.71. The fourth-order valence-corrected chi connectivity index (χ4v) is 4.49. The van der Waals surface area contributed by atoms with E-state index in [9.17, 15) is 0 Å². The van der Waals surface area contributed by atoms with Crippen LogP contribution in [-0.2, 0) is 15.0 Å². The molecule has 0 amide bonds. The van der Waals surface area contributed by atoms with Crippen LogP contribution in [0.3, 0.4) is 0 Å². The Morgan fingerprint density at radius 1 is 1.23 bits per heavy atom. The van der Waals surface area contributed by atoms with Crippen molar-refractivity contribution in [3.8, 4) is 16.9 Å². The molecule has 0 bridgehead atoms. The van der Waals surface area contributed by atoms with Crippen LogP contribution in [0.25, 0.3) is 11.1 Å². The van der Waals surface area contributed by atoms with E-state index in [-0.39, 0.29) is 12.0 Å². The van der Waals surface area contributed by atoms with Crippen molar-refractivity contribution in [2.24, 2.45) is 11.7 Å². The van der Waals surface area contributed by atoms with Crippen molar-refractivity contribution in [1.29, 1.82) is 0 Å². The number of fused-ring (bicyclic) bond motifs is 4. The molecule has 0 radical (unpaired) electrons. The Bertz CT molecular complexity index is 903. The van der Waals surface area contributed by atoms with E-state index in [0.717, 1.165) is 28.9 Å². The minimum atomic E-state index is -0.409. The van der Waals surface area contributed by atoms with Gasteiger partial charge < -0.3 is 14.2 Å². The summed E-state index contributed by atoms with van der Waals surface area (Å²) < 4.78 is 17.6. The van der Waals surface area contributed by atoms with Crippen LogP contribution in [0.2, 0.25) is 5.02 Å². The molecular weight excluding hydrogens is 354 g/mol. The van der Waals surface area contributed by atoms with E-state index in [4.69, 9.17) is 31.5 Å². The molecule has 1 aromatic carbocycles. The van der Waals surface area contributed by atoms with Gasteiger partial charge in [-0.3, -0.25) is 10.7 Å². The largest absolute Gasteiger partial charge is 0.487 e. The number of benzene rings is 1. The zero-order valence-corrected chi connectivity index (χ0v) is 14.8. The summed E-state index contributed by atoms with van der Waals surface area (Å²) in [5.41, 5.74) is 8.60. The molecule has 3 aliphatic heterocycles. The maximum absolute atomic E-state index is 6.26. The van der Waals surface area contributed by atoms with Crippen molar-refractivity contribution < 1.29 is 19.2 Å². The zero-order valence-electron chi connectivity index (χ0n) is 14.1. The summed E-state index contributed by atoms with van der Waals surface area (Å²) in [4.78, 5) is 7.60. The number of hydrogen-bond acceptors (Lipinski definition) is 5. The number of nitrogens with one attached hydrogen (secondary N) is 1. The van der Waals surface area contributed by atoms with E-state index >= 15 is 0 Å². The van der Waals surface area contributed by atoms with Crippen LogP contribution in [0.1, 0.15) is 12.0 Å². The smallest absolute Gasteiger partial charge is 0.440 e. The van der Waals surface area contributed by atoms with Gasteiger partial charge in [0.1, 0.15) is 18.5 Å². The summed E-state index contributed by atoms with van der Waals surface area (Å²) in [5.74, 6) is 1.05. The minimum absolute atomic E-state index is 0.0167. The van der Waals surface area contributed by atoms with Crippen molar-refractivity contribution in [2.45, 2.75) is 18.1 Å². The first-order chi connectivity index (χ1) is 12.7. The second-order valence-corrected chi connectivity index (χ2v) is 7.41. The number of rotatable bonds is 1. The van der Waals surface area contributed by atoms with E-state index in [1.165, 1.54) is 0 Å². The molecule has 0 saturated carbocycles. The van der Waals surface area contributed by atoms with Gasteiger partial charge in [0.05, 0.1) is 17.5 Å². The highest BCUT2D eigenvalue weighted by molar-refractivity contribution is 6.30. The number of halogens is 1. The highest BCUT2D eigenvalue weighted by atomic mass is 35.5. The Labute approximate surface area is 155 Å². The first-order valence-electron chi connectivity index (χ1n) is 8.69. The van der Waals surface area contributed by atoms with Crippen LogP contribution in [0.5, 0.6) is 5.75 Å². The number of nitrogens with zero attached hydrogens (tertiary/aromatic N) is 1. The molecular formula is C19H19ClN3O3+. The van der Waals surface area contributed by atoms with Crippen molar-refractivity contribution in [1.82, 2.24) is 4.98 Å². The summed E-state index contributed by atoms with van der Waals surface area (Å²) in [7, 11) is 0. The summed E-state index contributed by atoms with van der Waals surface area (Å²) in [5, 5.41) is 0.607. The number of nitrogens with two attached hydrogens (primary N) is 1. The summed E-state index contributed by atoms with van der Waals surface area (Å²) >= 11 is 6.12. The molecule has 6 nitrogen and oxygen atoms in total. The maximum atomic E-state index is 6.26. The highest BCUT2D eigenvalue weighted by Crippen LogP contribution is 2.45. The van der Waals surface area contributed by atoms with Gasteiger partial charge in [0, 0.05) is 30.1 Å². The number of amidine groups is 1. The van der Waals surface area contributed by atoms with Gasteiger partial charge in [0.2, 0.25) is 0 Å². The average molecular weight is 373 g/mol. The van der Waals surface area contributed by atoms with Crippen LogP contribution in [0.4, 0.5) is 0 Å². The van der Waals surface area contributed by atoms with Crippen LogP contribution < -0.4 is 15.5 Å². The van der Waals surface area contributed by atoms with Gasteiger partial charge in [-0.1, -0.05) is 17.7 Å². The van der Waals surface area contributed by atoms with Crippen molar-refractivity contribution in [2.75, 3.05) is 19.8 Å². The first-order valence-corrected chi connectivity index (χ1v) is 9.07. The van der Waals surface area contributed by atoms with Crippen LogP contribution in [-0.4, -0.2) is 36.9 Å². The molecule has 3 atom stereocenters. The normalized spacial score (nSPS) is 29.3. The fraction of sp³-hybridized carbons (Fsp3) is 0.368. The van der Waals surface area contributed by atoms with Crippen molar-refractivity contribution in [3.63, 3.8) is 0 Å². The van der Waals surface area contributed by atoms with Crippen LogP contribution >= 0.6 is 11.6 Å². The van der Waals surface area contributed by atoms with Crippen LogP contribution in [0, 0.1) is 5.92 Å². The molecule has 1 spiro atoms. The Balaban J connectivity index is 1.67. The molecule has 5 rings (SSSR count). The predicted octanol–water partition coefficient (Wildman–Crippen LogP) is 0.820. The lowest BCUT2D eigenvalue weighted by molar-refractivity contribution is -0.571. The number of pyridine rings is 1. The van der Waals surface area contributed by atoms with Crippen molar-refractivity contribution in [3.05, 3.63) is 47.2 Å². The maximum Gasteiger partial charge on any atom is 0.440 e. The molecule has 7 heteroatoms. The monoisotopic (exact) mass is 372 g/mol. The van der Waals surface area contributed by atoms with E-state index in [1.54, 1.807) is 12.4 Å². The number of ether oxygens (including phenoxy) is 3. The molecule has 0 unspecified atom stereocenters. The number of aromatic nitrogens is 1. The molecule has 1 aromatic heterocycles. The van der Waals surface area contributed by atoms with Gasteiger partial charge in [-0.25, -0.2) is 4.99 Å². The summed E-state index contributed by atoms with van der Waals surface area (Å²) in [6.07, 6.45) is 4.30. The lowest BCUT2D eigenvalue weighted by Crippen LogP contribution is -2.88. The molecule has 3 N–H and O–H groups in total. The molecule has 2 aromatic rings. The van der Waals surface area contributed by atoms with Gasteiger partial charge >= 0.3 is 6.02 Å². The minimum Gasteiger partial charge on any atom is -0.487 e. The van der Waals surface area contributed by atoms with Crippen molar-refractivity contribution >= 4 is 17.6 Å². The van der Waals surface area contributed by atoms with Crippen LogP contribution in [0.15, 0.2) is 36.7 Å². The lowest BCUT2D eigenvalue weighted by Gasteiger charge is -2.44. The molecule has 1 saturated heterocycles. The Hall–Kier alpha value is -2.31. The first kappa shape index (κ1) is 15.9. The summed E-state index contributed by atoms with van der Waals surface area (Å²) in [6, 6.07) is 8.41. The predicted molar refractivity (Wildman–Crippen MR) is 95.8 cm³/mol. The second-order valence-electron chi connectivity index (χ2n) is 6.98. The number of hydrogen-bond donors (Lipinski definition) is 2. The van der Waals surface area contributed by atoms with Gasteiger partial charge in [-0.2, -0.15) is 0 Å². The molecule has 1 fully saturated rings. The highest BCUT2D eigenvalue weighted by Gasteiger charge is 2.57. The Morgan fingerprint density at radius 3 is 2.96 bits per heavy atom. The van der Waals surface area contributed by atoms with E-state index in [2.05, 4.69) is 16.0 Å². The van der Waals surface area contributed by atoms with E-state index in [0.29, 0.717) is 30.9 Å². The zero-order chi connectivity index (χ0) is 17.7. The third-order valence-corrected chi connectivity index (χ3v) is 5.72.